The molecule has 0 bridgehead atoms. The predicted molar refractivity (Wildman–Crippen MR) is 61.5 cm³/mol. The Labute approximate surface area is 101 Å². The molecule has 6 heteroatoms. The fraction of sp³-hybridized carbons (Fsp3) is 0.0909. The van der Waals surface area contributed by atoms with Crippen molar-refractivity contribution in [1.82, 2.24) is 9.97 Å². The number of nitrogens with two attached hydrogens (primary N) is 1. The smallest absolute Gasteiger partial charge is 0.186 e. The van der Waals surface area contributed by atoms with Gasteiger partial charge in [0, 0.05) is 5.56 Å². The van der Waals surface area contributed by atoms with Gasteiger partial charge in [-0.15, -0.1) is 0 Å². The van der Waals surface area contributed by atoms with E-state index in [1.165, 1.54) is 25.1 Å². The first-order valence-corrected chi connectivity index (χ1v) is 5.12. The molecule has 0 atom stereocenters. The van der Waals surface area contributed by atoms with Crippen LogP contribution in [0.3, 0.4) is 0 Å². The number of aryl methyl sites for hydroxylation is 1. The maximum atomic E-state index is 13.3. The third-order valence-electron chi connectivity index (χ3n) is 2.22. The molecule has 0 saturated heterocycles. The predicted octanol–water partition coefficient (Wildman–Crippen LogP) is 2.97. The monoisotopic (exact) mass is 255 g/mol. The average molecular weight is 256 g/mol. The lowest BCUT2D eigenvalue weighted by Crippen LogP contribution is -2.03. The molecule has 2 rings (SSSR count). The van der Waals surface area contributed by atoms with Crippen LogP contribution in [0.15, 0.2) is 18.2 Å². The van der Waals surface area contributed by atoms with Crippen molar-refractivity contribution in [3.05, 3.63) is 40.6 Å². The summed E-state index contributed by atoms with van der Waals surface area (Å²) in [5.74, 6) is -1.35. The third kappa shape index (κ3) is 2.19. The molecule has 0 aliphatic rings. The largest absolute Gasteiger partial charge is 0.381 e. The second kappa shape index (κ2) is 4.25. The molecule has 3 nitrogen and oxygen atoms in total. The Bertz CT molecular complexity index is 564. The third-order valence-corrected chi connectivity index (χ3v) is 2.53. The Balaban J connectivity index is 2.57. The molecule has 0 fully saturated rings. The van der Waals surface area contributed by atoms with Crippen LogP contribution in [0.4, 0.5) is 14.6 Å². The molecule has 0 aliphatic heterocycles. The summed E-state index contributed by atoms with van der Waals surface area (Å²) in [5.41, 5.74) is 5.89. The number of nitrogens with zero attached hydrogens (tertiary/aromatic N) is 2. The zero-order valence-electron chi connectivity index (χ0n) is 8.84. The summed E-state index contributed by atoms with van der Waals surface area (Å²) in [5, 5.41) is 0.000514. The van der Waals surface area contributed by atoms with Gasteiger partial charge in [0.2, 0.25) is 0 Å². The van der Waals surface area contributed by atoms with Crippen LogP contribution >= 0.6 is 11.6 Å². The van der Waals surface area contributed by atoms with Gasteiger partial charge < -0.3 is 5.73 Å². The standard InChI is InChI=1S/C11H8ClF2N3/c1-5-9(14)10(15)17-11(16-5)6-2-3-7(12)8(13)4-6/h2-4H,1H3,(H2,15,16,17). The molecule has 1 heterocycles. The van der Waals surface area contributed by atoms with Gasteiger partial charge in [-0.1, -0.05) is 11.6 Å². The van der Waals surface area contributed by atoms with Crippen molar-refractivity contribution in [2.75, 3.05) is 5.73 Å². The number of nitrogen functional groups attached to an aromatic ring is 1. The summed E-state index contributed by atoms with van der Waals surface area (Å²) >= 11 is 5.56. The molecule has 17 heavy (non-hydrogen) atoms. The van der Waals surface area contributed by atoms with E-state index in [1.54, 1.807) is 0 Å². The van der Waals surface area contributed by atoms with Crippen LogP contribution < -0.4 is 5.73 Å². The van der Waals surface area contributed by atoms with Crippen LogP contribution in [0.5, 0.6) is 0 Å². The highest BCUT2D eigenvalue weighted by molar-refractivity contribution is 6.30. The van der Waals surface area contributed by atoms with E-state index >= 15 is 0 Å². The molecule has 2 N–H and O–H groups in total. The molecule has 1 aromatic carbocycles. The molecule has 0 aliphatic carbocycles. The number of halogens is 3. The van der Waals surface area contributed by atoms with Gasteiger partial charge in [0.25, 0.3) is 0 Å². The summed E-state index contributed by atoms with van der Waals surface area (Å²) in [6, 6.07) is 4.09. The molecule has 88 valence electrons. The minimum atomic E-state index is -0.664. The summed E-state index contributed by atoms with van der Waals surface area (Å²) in [6.45, 7) is 1.46. The second-order valence-electron chi connectivity index (χ2n) is 3.46. The van der Waals surface area contributed by atoms with Crippen LogP contribution in [-0.2, 0) is 0 Å². The lowest BCUT2D eigenvalue weighted by Gasteiger charge is -2.05. The maximum Gasteiger partial charge on any atom is 0.186 e. The molecule has 0 spiro atoms. The number of aromatic nitrogens is 2. The molecule has 2 aromatic rings. The molecule has 1 aromatic heterocycles. The SMILES string of the molecule is Cc1nc(-c2ccc(Cl)c(F)c2)nc(N)c1F. The van der Waals surface area contributed by atoms with Gasteiger partial charge in [0.05, 0.1) is 10.7 Å². The number of anilines is 1. The molecular weight excluding hydrogens is 248 g/mol. The van der Waals surface area contributed by atoms with Gasteiger partial charge in [-0.2, -0.15) is 0 Å². The summed E-state index contributed by atoms with van der Waals surface area (Å²) in [6.07, 6.45) is 0. The molecule has 0 amide bonds. The van der Waals surface area contributed by atoms with Gasteiger partial charge in [-0.05, 0) is 25.1 Å². The van der Waals surface area contributed by atoms with E-state index in [0.717, 1.165) is 0 Å². The Morgan fingerprint density at radius 3 is 2.53 bits per heavy atom. The van der Waals surface area contributed by atoms with E-state index < -0.39 is 11.6 Å². The molecular formula is C11H8ClF2N3. The van der Waals surface area contributed by atoms with Gasteiger partial charge in [-0.25, -0.2) is 18.7 Å². The first-order chi connectivity index (χ1) is 7.99. The lowest BCUT2D eigenvalue weighted by molar-refractivity contribution is 0.608. The topological polar surface area (TPSA) is 51.8 Å². The van der Waals surface area contributed by atoms with Gasteiger partial charge in [0.1, 0.15) is 5.82 Å². The van der Waals surface area contributed by atoms with Gasteiger partial charge in [0.15, 0.2) is 17.5 Å². The van der Waals surface area contributed by atoms with E-state index in [4.69, 9.17) is 17.3 Å². The zero-order chi connectivity index (χ0) is 12.6. The highest BCUT2D eigenvalue weighted by atomic mass is 35.5. The minimum Gasteiger partial charge on any atom is -0.381 e. The Morgan fingerprint density at radius 2 is 1.94 bits per heavy atom. The van der Waals surface area contributed by atoms with Crippen molar-refractivity contribution in [2.24, 2.45) is 0 Å². The fourth-order valence-electron chi connectivity index (χ4n) is 1.35. The first-order valence-electron chi connectivity index (χ1n) is 4.74. The Morgan fingerprint density at radius 1 is 1.24 bits per heavy atom. The molecule has 0 saturated carbocycles. The maximum absolute atomic E-state index is 13.3. The number of hydrogen-bond donors (Lipinski definition) is 1. The quantitative estimate of drug-likeness (QED) is 0.852. The van der Waals surface area contributed by atoms with E-state index in [0.29, 0.717) is 5.56 Å². The lowest BCUT2D eigenvalue weighted by atomic mass is 10.2. The average Bonchev–Trinajstić information content (AvgIpc) is 2.29. The van der Waals surface area contributed by atoms with E-state index in [-0.39, 0.29) is 22.4 Å². The second-order valence-corrected chi connectivity index (χ2v) is 3.87. The summed E-state index contributed by atoms with van der Waals surface area (Å²) < 4.78 is 26.5. The van der Waals surface area contributed by atoms with Crippen LogP contribution in [0.1, 0.15) is 5.69 Å². The Kier molecular flexibility index (Phi) is 2.93. The van der Waals surface area contributed by atoms with Crippen LogP contribution in [0.2, 0.25) is 5.02 Å². The van der Waals surface area contributed by atoms with Gasteiger partial charge in [-0.3, -0.25) is 0 Å². The number of hydrogen-bond acceptors (Lipinski definition) is 3. The van der Waals surface area contributed by atoms with Crippen molar-refractivity contribution in [3.8, 4) is 11.4 Å². The van der Waals surface area contributed by atoms with Crippen LogP contribution in [0.25, 0.3) is 11.4 Å². The number of benzene rings is 1. The van der Waals surface area contributed by atoms with Crippen molar-refractivity contribution in [3.63, 3.8) is 0 Å². The zero-order valence-corrected chi connectivity index (χ0v) is 9.59. The summed E-state index contributed by atoms with van der Waals surface area (Å²) in [4.78, 5) is 7.66. The van der Waals surface area contributed by atoms with Crippen molar-refractivity contribution in [1.29, 1.82) is 0 Å². The molecule has 0 radical (unpaired) electrons. The summed E-state index contributed by atoms with van der Waals surface area (Å²) in [7, 11) is 0. The van der Waals surface area contributed by atoms with E-state index in [1.807, 2.05) is 0 Å². The highest BCUT2D eigenvalue weighted by Crippen LogP contribution is 2.23. The van der Waals surface area contributed by atoms with Crippen LogP contribution in [0, 0.1) is 18.6 Å². The van der Waals surface area contributed by atoms with Crippen molar-refractivity contribution < 1.29 is 8.78 Å². The normalized spacial score (nSPS) is 10.6. The van der Waals surface area contributed by atoms with E-state index in [9.17, 15) is 8.78 Å². The van der Waals surface area contributed by atoms with Crippen LogP contribution in [-0.4, -0.2) is 9.97 Å². The number of rotatable bonds is 1. The molecule has 0 unspecified atom stereocenters. The minimum absolute atomic E-state index is 0.000514. The van der Waals surface area contributed by atoms with E-state index in [2.05, 4.69) is 9.97 Å². The van der Waals surface area contributed by atoms with Crippen molar-refractivity contribution in [2.45, 2.75) is 6.92 Å². The fourth-order valence-corrected chi connectivity index (χ4v) is 1.46. The highest BCUT2D eigenvalue weighted by Gasteiger charge is 2.11. The Hall–Kier alpha value is -1.75. The van der Waals surface area contributed by atoms with Crippen molar-refractivity contribution >= 4 is 17.4 Å². The van der Waals surface area contributed by atoms with Gasteiger partial charge >= 0.3 is 0 Å². The first kappa shape index (κ1) is 11.7.